The zero-order chi connectivity index (χ0) is 5.86. The first-order valence-corrected chi connectivity index (χ1v) is 1.77. The third-order valence-corrected chi connectivity index (χ3v) is 0.514. The van der Waals surface area contributed by atoms with Crippen molar-refractivity contribution in [2.75, 3.05) is 6.61 Å². The second-order valence-corrected chi connectivity index (χ2v) is 1.13. The van der Waals surface area contributed by atoms with Crippen LogP contribution >= 0.6 is 0 Å². The molecule has 0 amide bonds. The van der Waals surface area contributed by atoms with Gasteiger partial charge in [0.1, 0.15) is 6.04 Å². The van der Waals surface area contributed by atoms with Crippen molar-refractivity contribution in [1.29, 1.82) is 0 Å². The summed E-state index contributed by atoms with van der Waals surface area (Å²) in [6.07, 6.45) is 0. The second-order valence-electron chi connectivity index (χ2n) is 1.13. The fraction of sp³-hybridized carbons (Fsp3) is 0.667. The third-order valence-electron chi connectivity index (χ3n) is 0.514. The monoisotopic (exact) mass is 164 g/mol. The van der Waals surface area contributed by atoms with Gasteiger partial charge in [-0.05, 0) is 0 Å². The van der Waals surface area contributed by atoms with Crippen LogP contribution in [0.25, 0.3) is 0 Å². The molecule has 0 aromatic rings. The molecule has 8 heavy (non-hydrogen) atoms. The summed E-state index contributed by atoms with van der Waals surface area (Å²) in [7, 11) is 0. The minimum Gasteiger partial charge on any atom is -0.480 e. The summed E-state index contributed by atoms with van der Waals surface area (Å²) in [5.74, 6) is -1.18. The van der Waals surface area contributed by atoms with Gasteiger partial charge in [-0.1, -0.05) is 0 Å². The summed E-state index contributed by atoms with van der Waals surface area (Å²) in [5, 5.41) is 15.9. The molecular formula is C3H7CoNO3. The maximum atomic E-state index is 9.65. The zero-order valence-electron chi connectivity index (χ0n) is 4.00. The normalized spacial score (nSPS) is 11.8. The number of hydrogen-bond acceptors (Lipinski definition) is 3. The van der Waals surface area contributed by atoms with Crippen LogP contribution in [0.3, 0.4) is 0 Å². The molecule has 0 aliphatic heterocycles. The summed E-state index contributed by atoms with van der Waals surface area (Å²) in [6.45, 7) is -0.505. The first-order chi connectivity index (χ1) is 3.18. The van der Waals surface area contributed by atoms with Crippen LogP contribution in [0.4, 0.5) is 0 Å². The number of aliphatic carboxylic acids is 1. The van der Waals surface area contributed by atoms with Gasteiger partial charge in [0, 0.05) is 16.8 Å². The van der Waals surface area contributed by atoms with Crippen molar-refractivity contribution < 1.29 is 31.8 Å². The quantitative estimate of drug-likeness (QED) is 0.458. The maximum Gasteiger partial charge on any atom is 0.322 e. The van der Waals surface area contributed by atoms with Gasteiger partial charge in [-0.15, -0.1) is 0 Å². The molecule has 0 aromatic carbocycles. The third kappa shape index (κ3) is 4.07. The molecule has 0 saturated heterocycles. The van der Waals surface area contributed by atoms with Crippen molar-refractivity contribution in [3.63, 3.8) is 0 Å². The number of aliphatic hydroxyl groups excluding tert-OH is 1. The van der Waals surface area contributed by atoms with Gasteiger partial charge in [-0.25, -0.2) is 0 Å². The first-order valence-electron chi connectivity index (χ1n) is 1.77. The van der Waals surface area contributed by atoms with Crippen molar-refractivity contribution in [2.45, 2.75) is 6.04 Å². The molecule has 5 heteroatoms. The van der Waals surface area contributed by atoms with Crippen molar-refractivity contribution in [2.24, 2.45) is 5.73 Å². The SMILES string of the molecule is N[C@@H](CO)C(=O)O.[Co]. The summed E-state index contributed by atoms with van der Waals surface area (Å²) in [4.78, 5) is 9.65. The minimum absolute atomic E-state index is 0. The summed E-state index contributed by atoms with van der Waals surface area (Å²) >= 11 is 0. The van der Waals surface area contributed by atoms with Crippen LogP contribution in [0, 0.1) is 0 Å². The topological polar surface area (TPSA) is 83.5 Å². The number of nitrogens with two attached hydrogens (primary N) is 1. The van der Waals surface area contributed by atoms with Crippen molar-refractivity contribution >= 4 is 5.97 Å². The standard InChI is InChI=1S/C3H7NO3.Co/c4-2(1-5)3(6)7;/h2,5H,1,4H2,(H,6,7);/t2-;/m0./s1. The fourth-order valence-electron chi connectivity index (χ4n) is 0.0781. The van der Waals surface area contributed by atoms with Gasteiger partial charge in [-0.2, -0.15) is 0 Å². The maximum absolute atomic E-state index is 9.65. The molecule has 0 rings (SSSR count). The molecule has 0 unspecified atom stereocenters. The number of carbonyl (C=O) groups is 1. The van der Waals surface area contributed by atoms with E-state index in [1.54, 1.807) is 0 Å². The zero-order valence-corrected chi connectivity index (χ0v) is 5.04. The number of aliphatic hydroxyl groups is 1. The number of hydrogen-bond donors (Lipinski definition) is 3. The van der Waals surface area contributed by atoms with E-state index in [-0.39, 0.29) is 16.8 Å². The van der Waals surface area contributed by atoms with Crippen molar-refractivity contribution in [3.05, 3.63) is 0 Å². The van der Waals surface area contributed by atoms with Crippen LogP contribution in [-0.4, -0.2) is 28.8 Å². The second kappa shape index (κ2) is 5.04. The number of carboxylic acid groups (broad SMARTS) is 1. The van der Waals surface area contributed by atoms with E-state index >= 15 is 0 Å². The Morgan fingerprint density at radius 1 is 1.75 bits per heavy atom. The van der Waals surface area contributed by atoms with Crippen LogP contribution < -0.4 is 5.73 Å². The molecule has 0 bridgehead atoms. The van der Waals surface area contributed by atoms with E-state index in [0.29, 0.717) is 0 Å². The van der Waals surface area contributed by atoms with Gasteiger partial charge in [0.05, 0.1) is 6.61 Å². The Labute approximate surface area is 56.9 Å². The molecule has 0 aliphatic carbocycles. The van der Waals surface area contributed by atoms with E-state index in [4.69, 9.17) is 15.9 Å². The van der Waals surface area contributed by atoms with E-state index in [1.807, 2.05) is 0 Å². The van der Waals surface area contributed by atoms with E-state index in [9.17, 15) is 4.79 Å². The van der Waals surface area contributed by atoms with E-state index in [2.05, 4.69) is 0 Å². The molecule has 0 saturated carbocycles. The fourth-order valence-corrected chi connectivity index (χ4v) is 0.0781. The Bertz CT molecular complexity index is 76.9. The van der Waals surface area contributed by atoms with Crippen molar-refractivity contribution in [3.8, 4) is 0 Å². The molecule has 4 N–H and O–H groups in total. The molecule has 51 valence electrons. The predicted molar refractivity (Wildman–Crippen MR) is 22.7 cm³/mol. The van der Waals surface area contributed by atoms with Gasteiger partial charge in [-0.3, -0.25) is 4.79 Å². The Hall–Kier alpha value is -0.104. The Morgan fingerprint density at radius 3 is 2.12 bits per heavy atom. The molecular weight excluding hydrogens is 157 g/mol. The van der Waals surface area contributed by atoms with Crippen LogP contribution in [0.2, 0.25) is 0 Å². The smallest absolute Gasteiger partial charge is 0.322 e. The summed E-state index contributed by atoms with van der Waals surface area (Å²) in [6, 6.07) is -1.13. The van der Waals surface area contributed by atoms with Gasteiger partial charge in [0.15, 0.2) is 0 Å². The van der Waals surface area contributed by atoms with Crippen LogP contribution in [0.15, 0.2) is 0 Å². The average Bonchev–Trinajstić information content (AvgIpc) is 1.65. The predicted octanol–water partition coefficient (Wildman–Crippen LogP) is -1.61. The molecule has 4 nitrogen and oxygen atoms in total. The summed E-state index contributed by atoms with van der Waals surface area (Å²) < 4.78 is 0. The molecule has 0 fully saturated rings. The average molecular weight is 164 g/mol. The van der Waals surface area contributed by atoms with Crippen LogP contribution in [0.5, 0.6) is 0 Å². The number of rotatable bonds is 2. The molecule has 1 radical (unpaired) electrons. The Morgan fingerprint density at radius 2 is 2.12 bits per heavy atom. The molecule has 1 atom stereocenters. The van der Waals surface area contributed by atoms with Crippen LogP contribution in [0.1, 0.15) is 0 Å². The molecule has 0 spiro atoms. The van der Waals surface area contributed by atoms with Gasteiger partial charge in [0.2, 0.25) is 0 Å². The van der Waals surface area contributed by atoms with Gasteiger partial charge in [0.25, 0.3) is 0 Å². The van der Waals surface area contributed by atoms with E-state index in [0.717, 1.165) is 0 Å². The first kappa shape index (κ1) is 10.8. The van der Waals surface area contributed by atoms with Gasteiger partial charge < -0.3 is 15.9 Å². The Balaban J connectivity index is 0. The molecule has 0 aliphatic rings. The van der Waals surface area contributed by atoms with Crippen molar-refractivity contribution in [1.82, 2.24) is 0 Å². The van der Waals surface area contributed by atoms with E-state index in [1.165, 1.54) is 0 Å². The van der Waals surface area contributed by atoms with Crippen LogP contribution in [-0.2, 0) is 21.6 Å². The summed E-state index contributed by atoms with van der Waals surface area (Å²) in [5.41, 5.74) is 4.77. The molecule has 0 aromatic heterocycles. The van der Waals surface area contributed by atoms with Gasteiger partial charge >= 0.3 is 5.97 Å². The Kier molecular flexibility index (Phi) is 6.81. The largest absolute Gasteiger partial charge is 0.480 e. The van der Waals surface area contributed by atoms with E-state index < -0.39 is 18.6 Å². The number of carboxylic acids is 1. The molecule has 0 heterocycles. The minimum atomic E-state index is -1.18.